The van der Waals surface area contributed by atoms with Crippen molar-refractivity contribution in [3.8, 4) is 0 Å². The minimum Gasteiger partial charge on any atom is -0.276 e. The van der Waals surface area contributed by atoms with Crippen LogP contribution < -0.4 is 5.01 Å². The molecule has 0 aliphatic rings. The van der Waals surface area contributed by atoms with E-state index in [1.54, 1.807) is 0 Å². The van der Waals surface area contributed by atoms with Crippen molar-refractivity contribution in [1.82, 2.24) is 0 Å². The second-order valence-corrected chi connectivity index (χ2v) is 4.31. The predicted octanol–water partition coefficient (Wildman–Crippen LogP) is 3.97. The maximum atomic E-state index is 11.0. The fraction of sp³-hybridized carbons (Fsp3) is 0.133. The first-order valence-electron chi connectivity index (χ1n) is 5.98. The second-order valence-electron chi connectivity index (χ2n) is 4.31. The number of nitrogens with zero attached hydrogens (tertiary/aromatic N) is 3. The maximum Gasteiger partial charge on any atom is 0.236 e. The first-order chi connectivity index (χ1) is 9.19. The molecule has 2 rings (SSSR count). The standard InChI is InChI=1S/C15H15N3O/c1-12-3-7-14(8-4-12)16-17-18(11-19)15-9-5-13(2)6-10-15/h3-11H,1-2H3. The average molecular weight is 253 g/mol. The van der Waals surface area contributed by atoms with E-state index in [1.807, 2.05) is 62.4 Å². The molecule has 0 aliphatic carbocycles. The highest BCUT2D eigenvalue weighted by molar-refractivity contribution is 5.73. The van der Waals surface area contributed by atoms with Crippen LogP contribution in [0.2, 0.25) is 0 Å². The number of aryl methyl sites for hydroxylation is 2. The van der Waals surface area contributed by atoms with Gasteiger partial charge in [-0.05, 0) is 38.1 Å². The Kier molecular flexibility index (Phi) is 4.03. The molecule has 0 N–H and O–H groups in total. The molecular formula is C15H15N3O. The van der Waals surface area contributed by atoms with Gasteiger partial charge in [0.2, 0.25) is 6.41 Å². The van der Waals surface area contributed by atoms with E-state index in [2.05, 4.69) is 10.3 Å². The summed E-state index contributed by atoms with van der Waals surface area (Å²) < 4.78 is 0. The molecule has 0 saturated carbocycles. The number of amides is 1. The Balaban J connectivity index is 2.17. The van der Waals surface area contributed by atoms with Crippen molar-refractivity contribution < 1.29 is 4.79 Å². The van der Waals surface area contributed by atoms with E-state index in [9.17, 15) is 4.79 Å². The van der Waals surface area contributed by atoms with Crippen molar-refractivity contribution in [3.05, 3.63) is 59.7 Å². The largest absolute Gasteiger partial charge is 0.276 e. The number of rotatable bonds is 4. The summed E-state index contributed by atoms with van der Waals surface area (Å²) >= 11 is 0. The fourth-order valence-electron chi connectivity index (χ4n) is 1.54. The first kappa shape index (κ1) is 13.0. The molecule has 0 radical (unpaired) electrons. The number of carbonyl (C=O) groups excluding carboxylic acids is 1. The molecule has 2 aromatic rings. The van der Waals surface area contributed by atoms with E-state index in [-0.39, 0.29) is 0 Å². The van der Waals surface area contributed by atoms with Crippen molar-refractivity contribution in [2.24, 2.45) is 10.3 Å². The van der Waals surface area contributed by atoms with Crippen molar-refractivity contribution >= 4 is 17.8 Å². The third-order valence-electron chi connectivity index (χ3n) is 2.69. The van der Waals surface area contributed by atoms with Crippen LogP contribution >= 0.6 is 0 Å². The lowest BCUT2D eigenvalue weighted by Crippen LogP contribution is -2.11. The Labute approximate surface area is 112 Å². The summed E-state index contributed by atoms with van der Waals surface area (Å²) in [5.74, 6) is 0. The number of hydrogen-bond acceptors (Lipinski definition) is 3. The number of anilines is 1. The molecule has 0 aliphatic heterocycles. The lowest BCUT2D eigenvalue weighted by molar-refractivity contribution is -0.107. The zero-order valence-corrected chi connectivity index (χ0v) is 10.9. The van der Waals surface area contributed by atoms with Crippen LogP contribution in [0.1, 0.15) is 11.1 Å². The van der Waals surface area contributed by atoms with E-state index < -0.39 is 0 Å². The van der Waals surface area contributed by atoms with Crippen LogP contribution in [-0.4, -0.2) is 6.41 Å². The molecule has 2 aromatic carbocycles. The Morgan fingerprint density at radius 2 is 1.42 bits per heavy atom. The van der Waals surface area contributed by atoms with E-state index >= 15 is 0 Å². The van der Waals surface area contributed by atoms with E-state index in [4.69, 9.17) is 0 Å². The number of benzene rings is 2. The lowest BCUT2D eigenvalue weighted by atomic mass is 10.2. The van der Waals surface area contributed by atoms with Crippen molar-refractivity contribution in [2.45, 2.75) is 13.8 Å². The Bertz CT molecular complexity index is 573. The normalized spacial score (nSPS) is 10.6. The predicted molar refractivity (Wildman–Crippen MR) is 75.4 cm³/mol. The maximum absolute atomic E-state index is 11.0. The summed E-state index contributed by atoms with van der Waals surface area (Å²) in [6.45, 7) is 3.99. The average Bonchev–Trinajstić information content (AvgIpc) is 2.43. The zero-order valence-electron chi connectivity index (χ0n) is 10.9. The van der Waals surface area contributed by atoms with Crippen LogP contribution in [0.4, 0.5) is 11.4 Å². The fourth-order valence-corrected chi connectivity index (χ4v) is 1.54. The molecule has 0 bridgehead atoms. The van der Waals surface area contributed by atoms with Crippen molar-refractivity contribution in [2.75, 3.05) is 5.01 Å². The summed E-state index contributed by atoms with van der Waals surface area (Å²) in [5, 5.41) is 9.18. The highest BCUT2D eigenvalue weighted by atomic mass is 16.1. The molecule has 0 fully saturated rings. The Hall–Kier alpha value is -2.49. The second kappa shape index (κ2) is 5.91. The molecule has 0 heterocycles. The molecule has 0 saturated heterocycles. The van der Waals surface area contributed by atoms with Gasteiger partial charge in [0.05, 0.1) is 11.4 Å². The van der Waals surface area contributed by atoms with Crippen LogP contribution in [0.15, 0.2) is 58.9 Å². The molecular weight excluding hydrogens is 238 g/mol. The third kappa shape index (κ3) is 3.48. The monoisotopic (exact) mass is 253 g/mol. The van der Waals surface area contributed by atoms with Crippen molar-refractivity contribution in [3.63, 3.8) is 0 Å². The van der Waals surface area contributed by atoms with Crippen LogP contribution in [0.3, 0.4) is 0 Å². The molecule has 0 atom stereocenters. The third-order valence-corrected chi connectivity index (χ3v) is 2.69. The number of carbonyl (C=O) groups is 1. The van der Waals surface area contributed by atoms with Gasteiger partial charge in [-0.3, -0.25) is 4.79 Å². The number of hydrogen-bond donors (Lipinski definition) is 0. The van der Waals surface area contributed by atoms with E-state index in [0.29, 0.717) is 17.8 Å². The summed E-state index contributed by atoms with van der Waals surface area (Å²) in [6.07, 6.45) is 0.641. The zero-order chi connectivity index (χ0) is 13.7. The van der Waals surface area contributed by atoms with Gasteiger partial charge in [0.1, 0.15) is 0 Å². The summed E-state index contributed by atoms with van der Waals surface area (Å²) in [4.78, 5) is 11.0. The Morgan fingerprint density at radius 1 is 0.895 bits per heavy atom. The summed E-state index contributed by atoms with van der Waals surface area (Å²) in [6, 6.07) is 15.1. The highest BCUT2D eigenvalue weighted by Crippen LogP contribution is 2.17. The topological polar surface area (TPSA) is 45.0 Å². The van der Waals surface area contributed by atoms with Crippen molar-refractivity contribution in [1.29, 1.82) is 0 Å². The van der Waals surface area contributed by atoms with Gasteiger partial charge in [-0.15, -0.1) is 5.11 Å². The smallest absolute Gasteiger partial charge is 0.236 e. The molecule has 4 heteroatoms. The quantitative estimate of drug-likeness (QED) is 0.462. The molecule has 96 valence electrons. The van der Waals surface area contributed by atoms with Gasteiger partial charge in [-0.25, -0.2) is 0 Å². The molecule has 1 amide bonds. The summed E-state index contributed by atoms with van der Waals surface area (Å²) in [7, 11) is 0. The van der Waals surface area contributed by atoms with Crippen LogP contribution in [-0.2, 0) is 4.79 Å². The SMILES string of the molecule is Cc1ccc(N=NN(C=O)c2ccc(C)cc2)cc1. The Morgan fingerprint density at radius 3 is 1.95 bits per heavy atom. The first-order valence-corrected chi connectivity index (χ1v) is 5.98. The molecule has 0 spiro atoms. The van der Waals surface area contributed by atoms with Gasteiger partial charge >= 0.3 is 0 Å². The van der Waals surface area contributed by atoms with Gasteiger partial charge in [0.25, 0.3) is 0 Å². The lowest BCUT2D eigenvalue weighted by Gasteiger charge is -2.09. The molecule has 19 heavy (non-hydrogen) atoms. The minimum absolute atomic E-state index is 0.641. The van der Waals surface area contributed by atoms with Gasteiger partial charge in [0, 0.05) is 0 Å². The van der Waals surface area contributed by atoms with Gasteiger partial charge < -0.3 is 0 Å². The minimum atomic E-state index is 0.641. The van der Waals surface area contributed by atoms with Gasteiger partial charge in [-0.2, -0.15) is 5.01 Å². The van der Waals surface area contributed by atoms with Crippen LogP contribution in [0.25, 0.3) is 0 Å². The van der Waals surface area contributed by atoms with E-state index in [1.165, 1.54) is 5.01 Å². The molecule has 0 aromatic heterocycles. The van der Waals surface area contributed by atoms with E-state index in [0.717, 1.165) is 11.1 Å². The van der Waals surface area contributed by atoms with Gasteiger partial charge in [-0.1, -0.05) is 40.6 Å². The van der Waals surface area contributed by atoms with Gasteiger partial charge in [0.15, 0.2) is 0 Å². The molecule has 4 nitrogen and oxygen atoms in total. The highest BCUT2D eigenvalue weighted by Gasteiger charge is 2.02. The van der Waals surface area contributed by atoms with Crippen LogP contribution in [0, 0.1) is 13.8 Å². The van der Waals surface area contributed by atoms with Crippen LogP contribution in [0.5, 0.6) is 0 Å². The summed E-state index contributed by atoms with van der Waals surface area (Å²) in [5.41, 5.74) is 3.69. The molecule has 0 unspecified atom stereocenters.